The van der Waals surface area contributed by atoms with Crippen LogP contribution in [0.5, 0.6) is 0 Å². The standard InChI is InChI=1S/C15H20N2O5S/c1-17(10-4-6-23(20,21)9-10)15(19)13-7-12(13)14(18)16-8-11-3-2-5-22-11/h2-3,5,10,12-13H,4,6-9H2,1H3,(H,16,18). The van der Waals surface area contributed by atoms with Crippen LogP contribution in [0.25, 0.3) is 0 Å². The Morgan fingerprint density at radius 1 is 1.39 bits per heavy atom. The van der Waals surface area contributed by atoms with Gasteiger partial charge in [-0.25, -0.2) is 8.42 Å². The number of nitrogens with zero attached hydrogens (tertiary/aromatic N) is 1. The van der Waals surface area contributed by atoms with Gasteiger partial charge in [-0.3, -0.25) is 9.59 Å². The first-order valence-corrected chi connectivity index (χ1v) is 9.47. The number of hydrogen-bond donors (Lipinski definition) is 1. The van der Waals surface area contributed by atoms with Gasteiger partial charge in [-0.1, -0.05) is 0 Å². The fraction of sp³-hybridized carbons (Fsp3) is 0.600. The van der Waals surface area contributed by atoms with Crippen LogP contribution in [0.2, 0.25) is 0 Å². The third-order valence-corrected chi connectivity index (χ3v) is 6.32. The molecule has 3 rings (SSSR count). The van der Waals surface area contributed by atoms with E-state index in [1.165, 1.54) is 11.2 Å². The Morgan fingerprint density at radius 3 is 2.78 bits per heavy atom. The highest BCUT2D eigenvalue weighted by Gasteiger charge is 2.50. The summed E-state index contributed by atoms with van der Waals surface area (Å²) >= 11 is 0. The average Bonchev–Trinajstić information content (AvgIpc) is 2.97. The highest BCUT2D eigenvalue weighted by molar-refractivity contribution is 7.91. The van der Waals surface area contributed by atoms with Crippen molar-refractivity contribution in [2.24, 2.45) is 11.8 Å². The zero-order valence-electron chi connectivity index (χ0n) is 12.9. The van der Waals surface area contributed by atoms with Gasteiger partial charge in [0.1, 0.15) is 5.76 Å². The molecule has 8 heteroatoms. The van der Waals surface area contributed by atoms with Gasteiger partial charge in [0.05, 0.1) is 36.1 Å². The van der Waals surface area contributed by atoms with Crippen LogP contribution in [0.3, 0.4) is 0 Å². The lowest BCUT2D eigenvalue weighted by molar-refractivity contribution is -0.135. The van der Waals surface area contributed by atoms with Gasteiger partial charge in [0.25, 0.3) is 0 Å². The third kappa shape index (κ3) is 3.57. The molecule has 0 spiro atoms. The zero-order valence-corrected chi connectivity index (χ0v) is 13.7. The number of rotatable bonds is 5. The summed E-state index contributed by atoms with van der Waals surface area (Å²) in [5.74, 6) is -0.130. The molecule has 1 aliphatic heterocycles. The van der Waals surface area contributed by atoms with Gasteiger partial charge in [0, 0.05) is 13.1 Å². The molecule has 2 aliphatic rings. The topological polar surface area (TPSA) is 96.7 Å². The van der Waals surface area contributed by atoms with Crippen LogP contribution in [0.15, 0.2) is 22.8 Å². The molecular formula is C15H20N2O5S. The quantitative estimate of drug-likeness (QED) is 0.825. The molecule has 1 N–H and O–H groups in total. The normalized spacial score (nSPS) is 28.3. The van der Waals surface area contributed by atoms with E-state index in [2.05, 4.69) is 5.32 Å². The molecule has 7 nitrogen and oxygen atoms in total. The molecule has 23 heavy (non-hydrogen) atoms. The number of furan rings is 1. The largest absolute Gasteiger partial charge is 0.467 e. The summed E-state index contributed by atoms with van der Waals surface area (Å²) in [6.45, 7) is 0.306. The number of nitrogens with one attached hydrogen (secondary N) is 1. The van der Waals surface area contributed by atoms with Gasteiger partial charge in [-0.2, -0.15) is 0 Å². The Hall–Kier alpha value is -1.83. The van der Waals surface area contributed by atoms with Crippen molar-refractivity contribution in [3.8, 4) is 0 Å². The molecule has 1 aromatic rings. The van der Waals surface area contributed by atoms with Crippen molar-refractivity contribution < 1.29 is 22.4 Å². The van der Waals surface area contributed by atoms with E-state index in [4.69, 9.17) is 4.42 Å². The molecule has 2 heterocycles. The molecule has 1 aliphatic carbocycles. The van der Waals surface area contributed by atoms with E-state index in [0.29, 0.717) is 25.1 Å². The van der Waals surface area contributed by atoms with Gasteiger partial charge >= 0.3 is 0 Å². The third-order valence-electron chi connectivity index (χ3n) is 4.57. The smallest absolute Gasteiger partial charge is 0.226 e. The number of amides is 2. The predicted octanol–water partition coefficient (Wildman–Crippen LogP) is 0.177. The summed E-state index contributed by atoms with van der Waals surface area (Å²) < 4.78 is 28.2. The Balaban J connectivity index is 1.49. The number of carbonyl (C=O) groups is 2. The van der Waals surface area contributed by atoms with Gasteiger partial charge in [-0.15, -0.1) is 0 Å². The van der Waals surface area contributed by atoms with Crippen molar-refractivity contribution in [2.75, 3.05) is 18.6 Å². The van der Waals surface area contributed by atoms with Crippen LogP contribution in [0, 0.1) is 11.8 Å². The Bertz CT molecular complexity index is 697. The van der Waals surface area contributed by atoms with Crippen molar-refractivity contribution in [2.45, 2.75) is 25.4 Å². The van der Waals surface area contributed by atoms with E-state index >= 15 is 0 Å². The molecule has 0 bridgehead atoms. The summed E-state index contributed by atoms with van der Waals surface area (Å²) in [5.41, 5.74) is 0. The van der Waals surface area contributed by atoms with Gasteiger partial charge in [-0.05, 0) is 25.0 Å². The summed E-state index contributed by atoms with van der Waals surface area (Å²) in [4.78, 5) is 25.9. The van der Waals surface area contributed by atoms with E-state index in [-0.39, 0.29) is 41.2 Å². The molecule has 3 unspecified atom stereocenters. The van der Waals surface area contributed by atoms with E-state index in [1.807, 2.05) is 0 Å². The minimum Gasteiger partial charge on any atom is -0.467 e. The minimum atomic E-state index is -3.03. The molecule has 1 saturated carbocycles. The summed E-state index contributed by atoms with van der Waals surface area (Å²) in [6.07, 6.45) is 2.54. The lowest BCUT2D eigenvalue weighted by Gasteiger charge is -2.23. The minimum absolute atomic E-state index is 0.0251. The lowest BCUT2D eigenvalue weighted by Crippen LogP contribution is -2.39. The second kappa shape index (κ2) is 5.99. The maximum Gasteiger partial charge on any atom is 0.226 e. The van der Waals surface area contributed by atoms with Crippen molar-refractivity contribution in [1.29, 1.82) is 0 Å². The first kappa shape index (κ1) is 16.0. The molecule has 0 aromatic carbocycles. The molecular weight excluding hydrogens is 320 g/mol. The highest BCUT2D eigenvalue weighted by Crippen LogP contribution is 2.40. The predicted molar refractivity (Wildman–Crippen MR) is 82.0 cm³/mol. The van der Waals surface area contributed by atoms with E-state index in [0.717, 1.165) is 0 Å². The van der Waals surface area contributed by atoms with Crippen molar-refractivity contribution >= 4 is 21.7 Å². The number of hydrogen-bond acceptors (Lipinski definition) is 5. The van der Waals surface area contributed by atoms with Crippen molar-refractivity contribution in [1.82, 2.24) is 10.2 Å². The maximum absolute atomic E-state index is 12.4. The van der Waals surface area contributed by atoms with Crippen LogP contribution >= 0.6 is 0 Å². The monoisotopic (exact) mass is 340 g/mol. The van der Waals surface area contributed by atoms with E-state index in [9.17, 15) is 18.0 Å². The van der Waals surface area contributed by atoms with Crippen molar-refractivity contribution in [3.05, 3.63) is 24.2 Å². The second-order valence-electron chi connectivity index (χ2n) is 6.25. The molecule has 3 atom stereocenters. The Kier molecular flexibility index (Phi) is 4.18. The number of carbonyl (C=O) groups excluding carboxylic acids is 2. The first-order chi connectivity index (χ1) is 10.9. The molecule has 0 radical (unpaired) electrons. The van der Waals surface area contributed by atoms with Crippen LogP contribution in [-0.4, -0.2) is 49.7 Å². The SMILES string of the molecule is CN(C(=O)C1CC1C(=O)NCc1ccco1)C1CCS(=O)(=O)C1. The average molecular weight is 340 g/mol. The summed E-state index contributed by atoms with van der Waals surface area (Å²) in [5, 5.41) is 2.75. The molecule has 2 fully saturated rings. The molecule has 126 valence electrons. The van der Waals surface area contributed by atoms with Crippen LogP contribution in [-0.2, 0) is 26.0 Å². The van der Waals surface area contributed by atoms with E-state index < -0.39 is 9.84 Å². The van der Waals surface area contributed by atoms with Gasteiger partial charge in [0.15, 0.2) is 9.84 Å². The van der Waals surface area contributed by atoms with Gasteiger partial charge < -0.3 is 14.6 Å². The lowest BCUT2D eigenvalue weighted by atomic mass is 10.2. The maximum atomic E-state index is 12.4. The highest BCUT2D eigenvalue weighted by atomic mass is 32.2. The fourth-order valence-corrected chi connectivity index (χ4v) is 4.77. The van der Waals surface area contributed by atoms with Crippen LogP contribution in [0.1, 0.15) is 18.6 Å². The van der Waals surface area contributed by atoms with Crippen LogP contribution < -0.4 is 5.32 Å². The fourth-order valence-electron chi connectivity index (χ4n) is 3.00. The Labute approximate surface area is 134 Å². The van der Waals surface area contributed by atoms with Crippen molar-refractivity contribution in [3.63, 3.8) is 0 Å². The number of sulfone groups is 1. The molecule has 2 amide bonds. The molecule has 1 saturated heterocycles. The second-order valence-corrected chi connectivity index (χ2v) is 8.48. The summed E-state index contributed by atoms with van der Waals surface area (Å²) in [7, 11) is -1.40. The zero-order chi connectivity index (χ0) is 16.6. The first-order valence-electron chi connectivity index (χ1n) is 7.64. The van der Waals surface area contributed by atoms with Crippen LogP contribution in [0.4, 0.5) is 0 Å². The van der Waals surface area contributed by atoms with Gasteiger partial charge in [0.2, 0.25) is 11.8 Å². The summed E-state index contributed by atoms with van der Waals surface area (Å²) in [6, 6.07) is 3.25. The molecule has 1 aromatic heterocycles. The Morgan fingerprint density at radius 2 is 2.17 bits per heavy atom. The van der Waals surface area contributed by atoms with E-state index in [1.54, 1.807) is 19.2 Å².